The minimum atomic E-state index is -0.638. The number of anilines is 2. The van der Waals surface area contributed by atoms with Crippen molar-refractivity contribution in [2.75, 3.05) is 12.4 Å². The van der Waals surface area contributed by atoms with Gasteiger partial charge in [-0.25, -0.2) is 15.2 Å². The number of carbonyl (C=O) groups excluding carboxylic acids is 1. The molecule has 0 aliphatic carbocycles. The molecule has 25 heavy (non-hydrogen) atoms. The maximum absolute atomic E-state index is 11.5. The molecule has 134 valence electrons. The summed E-state index contributed by atoms with van der Waals surface area (Å²) in [5.41, 5.74) is 2.54. The highest BCUT2D eigenvalue weighted by Gasteiger charge is 2.15. The highest BCUT2D eigenvalue weighted by atomic mass is 35.5. The summed E-state index contributed by atoms with van der Waals surface area (Å²) in [6.07, 6.45) is 0.782. The molecule has 2 rings (SSSR count). The number of benzene rings is 1. The number of halogens is 1. The number of methoxy groups -OCH3 is 1. The molecule has 7 nitrogen and oxygen atoms in total. The van der Waals surface area contributed by atoms with E-state index < -0.39 is 11.7 Å². The highest BCUT2D eigenvalue weighted by molar-refractivity contribution is 7.17. The first-order chi connectivity index (χ1) is 11.8. The van der Waals surface area contributed by atoms with Gasteiger partial charge in [0.05, 0.1) is 18.2 Å². The molecular weight excluding hydrogens is 364 g/mol. The molecule has 1 amide bonds. The monoisotopic (exact) mass is 382 g/mol. The summed E-state index contributed by atoms with van der Waals surface area (Å²) in [6.45, 7) is 5.31. The van der Waals surface area contributed by atoms with Crippen molar-refractivity contribution in [1.29, 1.82) is 0 Å². The SMILES string of the molecule is COc1ccc(Nc2nc(Cl)c(/C=N/NC(=O)OC(C)(C)C)s2)cc1. The fraction of sp³-hybridized carbons (Fsp3) is 0.312. The third kappa shape index (κ3) is 6.24. The molecule has 0 bridgehead atoms. The maximum Gasteiger partial charge on any atom is 0.428 e. The van der Waals surface area contributed by atoms with Crippen molar-refractivity contribution < 1.29 is 14.3 Å². The second-order valence-corrected chi connectivity index (χ2v) is 7.29. The molecule has 0 unspecified atom stereocenters. The van der Waals surface area contributed by atoms with E-state index >= 15 is 0 Å². The number of amides is 1. The molecule has 1 heterocycles. The van der Waals surface area contributed by atoms with E-state index in [1.165, 1.54) is 17.6 Å². The number of aromatic nitrogens is 1. The maximum atomic E-state index is 11.5. The number of nitrogens with zero attached hydrogens (tertiary/aromatic N) is 2. The van der Waals surface area contributed by atoms with E-state index in [0.717, 1.165) is 11.4 Å². The Bertz CT molecular complexity index is 754. The van der Waals surface area contributed by atoms with Crippen LogP contribution in [0.15, 0.2) is 29.4 Å². The van der Waals surface area contributed by atoms with E-state index in [1.807, 2.05) is 24.3 Å². The summed E-state index contributed by atoms with van der Waals surface area (Å²) in [5, 5.41) is 7.86. The summed E-state index contributed by atoms with van der Waals surface area (Å²) in [7, 11) is 1.61. The predicted octanol–water partition coefficient (Wildman–Crippen LogP) is 4.41. The van der Waals surface area contributed by atoms with Crippen LogP contribution < -0.4 is 15.5 Å². The van der Waals surface area contributed by atoms with Crippen molar-refractivity contribution in [2.45, 2.75) is 26.4 Å². The van der Waals surface area contributed by atoms with Gasteiger partial charge in [-0.2, -0.15) is 5.10 Å². The van der Waals surface area contributed by atoms with Gasteiger partial charge < -0.3 is 14.8 Å². The second-order valence-electron chi connectivity index (χ2n) is 5.90. The average molecular weight is 383 g/mol. The van der Waals surface area contributed by atoms with E-state index in [9.17, 15) is 4.79 Å². The van der Waals surface area contributed by atoms with Crippen molar-refractivity contribution in [3.8, 4) is 5.75 Å². The lowest BCUT2D eigenvalue weighted by atomic mass is 10.2. The smallest absolute Gasteiger partial charge is 0.428 e. The Kier molecular flexibility index (Phi) is 6.22. The molecular formula is C16H19ClN4O3S. The molecule has 0 saturated carbocycles. The van der Waals surface area contributed by atoms with E-state index in [-0.39, 0.29) is 5.15 Å². The number of ether oxygens (including phenoxy) is 2. The molecule has 2 N–H and O–H groups in total. The number of nitrogens with one attached hydrogen (secondary N) is 2. The Morgan fingerprint density at radius 3 is 2.60 bits per heavy atom. The molecule has 0 fully saturated rings. The Balaban J connectivity index is 1.97. The first-order valence-corrected chi connectivity index (χ1v) is 8.56. The highest BCUT2D eigenvalue weighted by Crippen LogP contribution is 2.28. The van der Waals surface area contributed by atoms with Gasteiger partial charge in [-0.3, -0.25) is 0 Å². The largest absolute Gasteiger partial charge is 0.497 e. The van der Waals surface area contributed by atoms with Gasteiger partial charge in [0.15, 0.2) is 10.3 Å². The fourth-order valence-corrected chi connectivity index (χ4v) is 2.74. The summed E-state index contributed by atoms with van der Waals surface area (Å²) in [6, 6.07) is 7.41. The van der Waals surface area contributed by atoms with Gasteiger partial charge in [-0.05, 0) is 45.0 Å². The fourth-order valence-electron chi connectivity index (χ4n) is 1.69. The van der Waals surface area contributed by atoms with E-state index in [2.05, 4.69) is 20.8 Å². The van der Waals surface area contributed by atoms with Crippen LogP contribution in [0.3, 0.4) is 0 Å². The first-order valence-electron chi connectivity index (χ1n) is 7.36. The standard InChI is InChI=1S/C16H19ClN4O3S/c1-16(2,3)24-15(22)21-18-9-12-13(17)20-14(25-12)19-10-5-7-11(23-4)8-6-10/h5-9H,1-4H3,(H,19,20)(H,21,22)/b18-9+. The number of thiazole rings is 1. The lowest BCUT2D eigenvalue weighted by Crippen LogP contribution is -2.29. The Hall–Kier alpha value is -2.32. The van der Waals surface area contributed by atoms with Crippen molar-refractivity contribution in [3.63, 3.8) is 0 Å². The van der Waals surface area contributed by atoms with Crippen molar-refractivity contribution in [2.24, 2.45) is 5.10 Å². The van der Waals surface area contributed by atoms with Crippen molar-refractivity contribution >= 4 is 46.1 Å². The normalized spacial score (nSPS) is 11.4. The molecule has 0 aliphatic rings. The van der Waals surface area contributed by atoms with E-state index in [0.29, 0.717) is 10.0 Å². The van der Waals surface area contributed by atoms with E-state index in [4.69, 9.17) is 21.1 Å². The molecule has 2 aromatic rings. The number of hydrogen-bond donors (Lipinski definition) is 2. The number of carbonyl (C=O) groups is 1. The van der Waals surface area contributed by atoms with Crippen LogP contribution in [-0.2, 0) is 4.74 Å². The molecule has 0 radical (unpaired) electrons. The summed E-state index contributed by atoms with van der Waals surface area (Å²) >= 11 is 7.39. The molecule has 0 atom stereocenters. The summed E-state index contributed by atoms with van der Waals surface area (Å²) in [4.78, 5) is 16.3. The third-order valence-corrected chi connectivity index (χ3v) is 3.99. The van der Waals surface area contributed by atoms with Crippen LogP contribution in [-0.4, -0.2) is 30.0 Å². The number of rotatable bonds is 5. The molecule has 0 spiro atoms. The zero-order valence-corrected chi connectivity index (χ0v) is 15.9. The van der Waals surface area contributed by atoms with Gasteiger partial charge in [0, 0.05) is 5.69 Å². The molecule has 1 aromatic heterocycles. The summed E-state index contributed by atoms with van der Waals surface area (Å²) < 4.78 is 10.2. The first kappa shape index (κ1) is 19.0. The zero-order valence-electron chi connectivity index (χ0n) is 14.3. The summed E-state index contributed by atoms with van der Waals surface area (Å²) in [5.74, 6) is 0.767. The minimum absolute atomic E-state index is 0.288. The van der Waals surface area contributed by atoms with Gasteiger partial charge in [0.25, 0.3) is 0 Å². The van der Waals surface area contributed by atoms with Crippen LogP contribution in [0, 0.1) is 0 Å². The zero-order chi connectivity index (χ0) is 18.4. The number of hydrazone groups is 1. The van der Waals surface area contributed by atoms with Gasteiger partial charge in [-0.15, -0.1) is 0 Å². The van der Waals surface area contributed by atoms with E-state index in [1.54, 1.807) is 27.9 Å². The molecule has 0 aliphatic heterocycles. The van der Waals surface area contributed by atoms with Gasteiger partial charge in [0.2, 0.25) is 0 Å². The van der Waals surface area contributed by atoms with Crippen molar-refractivity contribution in [1.82, 2.24) is 10.4 Å². The number of hydrogen-bond acceptors (Lipinski definition) is 7. The van der Waals surface area contributed by atoms with Crippen LogP contribution in [0.5, 0.6) is 5.75 Å². The van der Waals surface area contributed by atoms with Crippen LogP contribution in [0.2, 0.25) is 5.15 Å². The predicted molar refractivity (Wildman–Crippen MR) is 100 cm³/mol. The Labute approximate surface area is 155 Å². The van der Waals surface area contributed by atoms with Crippen LogP contribution in [0.1, 0.15) is 25.6 Å². The van der Waals surface area contributed by atoms with Gasteiger partial charge >= 0.3 is 6.09 Å². The van der Waals surface area contributed by atoms with Gasteiger partial charge in [0.1, 0.15) is 11.4 Å². The lowest BCUT2D eigenvalue weighted by molar-refractivity contribution is 0.0529. The average Bonchev–Trinajstić information content (AvgIpc) is 2.86. The minimum Gasteiger partial charge on any atom is -0.497 e. The van der Waals surface area contributed by atoms with Crippen molar-refractivity contribution in [3.05, 3.63) is 34.3 Å². The van der Waals surface area contributed by atoms with Crippen LogP contribution >= 0.6 is 22.9 Å². The second kappa shape index (κ2) is 8.17. The topological polar surface area (TPSA) is 84.8 Å². The quantitative estimate of drug-likeness (QED) is 0.591. The molecule has 9 heteroatoms. The van der Waals surface area contributed by atoms with Crippen LogP contribution in [0.4, 0.5) is 15.6 Å². The van der Waals surface area contributed by atoms with Crippen LogP contribution in [0.25, 0.3) is 0 Å². The Morgan fingerprint density at radius 2 is 2.00 bits per heavy atom. The lowest BCUT2D eigenvalue weighted by Gasteiger charge is -2.18. The molecule has 1 aromatic carbocycles. The van der Waals surface area contributed by atoms with Gasteiger partial charge in [-0.1, -0.05) is 22.9 Å². The molecule has 0 saturated heterocycles. The Morgan fingerprint density at radius 1 is 1.32 bits per heavy atom. The third-order valence-electron chi connectivity index (χ3n) is 2.69.